The van der Waals surface area contributed by atoms with Crippen LogP contribution < -0.4 is 0 Å². The summed E-state index contributed by atoms with van der Waals surface area (Å²) < 4.78 is 0. The molecule has 0 aliphatic carbocycles. The first-order valence-corrected chi connectivity index (χ1v) is 7.93. The zero-order valence-electron chi connectivity index (χ0n) is 10.7. The van der Waals surface area contributed by atoms with E-state index >= 15 is 0 Å². The number of rotatable bonds is 5. The minimum absolute atomic E-state index is 0.176. The zero-order chi connectivity index (χ0) is 13.7. The van der Waals surface area contributed by atoms with Crippen LogP contribution in [0.25, 0.3) is 0 Å². The van der Waals surface area contributed by atoms with E-state index in [1.54, 1.807) is 11.8 Å². The average molecular weight is 300 g/mol. The molecule has 1 heterocycles. The van der Waals surface area contributed by atoms with Gasteiger partial charge in [0.05, 0.1) is 5.75 Å². The van der Waals surface area contributed by atoms with Gasteiger partial charge < -0.3 is 10.0 Å². The number of benzene rings is 1. The van der Waals surface area contributed by atoms with E-state index in [1.165, 1.54) is 5.56 Å². The van der Waals surface area contributed by atoms with Gasteiger partial charge in [0, 0.05) is 36.4 Å². The monoisotopic (exact) mass is 299 g/mol. The number of carbonyl (C=O) groups excluding carboxylic acids is 1. The number of likely N-dealkylation sites (tertiary alicyclic amines) is 1. The SMILES string of the molecule is O=C(CSCc1ccc(Cl)cc1)N1CCC(CO)C1. The lowest BCUT2D eigenvalue weighted by Gasteiger charge is -2.15. The molecule has 0 spiro atoms. The van der Waals surface area contributed by atoms with Crippen LogP contribution in [0.1, 0.15) is 12.0 Å². The van der Waals surface area contributed by atoms with Crippen molar-refractivity contribution in [3.63, 3.8) is 0 Å². The van der Waals surface area contributed by atoms with Gasteiger partial charge in [-0.15, -0.1) is 11.8 Å². The predicted molar refractivity (Wildman–Crippen MR) is 79.4 cm³/mol. The van der Waals surface area contributed by atoms with Crippen LogP contribution in [-0.2, 0) is 10.5 Å². The largest absolute Gasteiger partial charge is 0.396 e. The lowest BCUT2D eigenvalue weighted by atomic mass is 10.1. The third-order valence-electron chi connectivity index (χ3n) is 3.30. The molecule has 1 amide bonds. The number of amides is 1. The number of hydrogen-bond acceptors (Lipinski definition) is 3. The summed E-state index contributed by atoms with van der Waals surface area (Å²) in [6.45, 7) is 1.67. The summed E-state index contributed by atoms with van der Waals surface area (Å²) in [6, 6.07) is 7.70. The van der Waals surface area contributed by atoms with E-state index in [2.05, 4.69) is 0 Å². The van der Waals surface area contributed by atoms with Crippen molar-refractivity contribution >= 4 is 29.3 Å². The summed E-state index contributed by atoms with van der Waals surface area (Å²) in [5, 5.41) is 9.79. The first-order chi connectivity index (χ1) is 9.19. The molecule has 1 atom stereocenters. The van der Waals surface area contributed by atoms with Crippen molar-refractivity contribution in [3.8, 4) is 0 Å². The number of halogens is 1. The normalized spacial score (nSPS) is 18.8. The molecular weight excluding hydrogens is 282 g/mol. The Hall–Kier alpha value is -0.710. The van der Waals surface area contributed by atoms with Crippen molar-refractivity contribution in [3.05, 3.63) is 34.9 Å². The highest BCUT2D eigenvalue weighted by molar-refractivity contribution is 7.99. The number of hydrogen-bond donors (Lipinski definition) is 1. The molecule has 1 aliphatic heterocycles. The first kappa shape index (κ1) is 14.7. The molecule has 1 aromatic rings. The lowest BCUT2D eigenvalue weighted by Crippen LogP contribution is -2.30. The van der Waals surface area contributed by atoms with Crippen molar-refractivity contribution in [1.82, 2.24) is 4.90 Å². The van der Waals surface area contributed by atoms with Crippen molar-refractivity contribution in [2.24, 2.45) is 5.92 Å². The Bertz CT molecular complexity index is 424. The molecule has 2 rings (SSSR count). The lowest BCUT2D eigenvalue weighted by molar-refractivity contribution is -0.127. The van der Waals surface area contributed by atoms with Crippen molar-refractivity contribution in [1.29, 1.82) is 0 Å². The third kappa shape index (κ3) is 4.41. The second-order valence-electron chi connectivity index (χ2n) is 4.80. The second-order valence-corrected chi connectivity index (χ2v) is 6.22. The number of thioether (sulfide) groups is 1. The fourth-order valence-electron chi connectivity index (χ4n) is 2.14. The number of nitrogens with zero attached hydrogens (tertiary/aromatic N) is 1. The standard InChI is InChI=1S/C14H18ClNO2S/c15-13-3-1-11(2-4-13)9-19-10-14(18)16-6-5-12(7-16)8-17/h1-4,12,17H,5-10H2. The van der Waals surface area contributed by atoms with Gasteiger partial charge in [-0.05, 0) is 24.1 Å². The molecule has 0 saturated carbocycles. The van der Waals surface area contributed by atoms with E-state index in [0.29, 0.717) is 12.3 Å². The van der Waals surface area contributed by atoms with Gasteiger partial charge in [-0.25, -0.2) is 0 Å². The number of aliphatic hydroxyl groups is 1. The predicted octanol–water partition coefficient (Wildman–Crippen LogP) is 2.41. The summed E-state index contributed by atoms with van der Waals surface area (Å²) >= 11 is 7.44. The Morgan fingerprint density at radius 2 is 2.16 bits per heavy atom. The summed E-state index contributed by atoms with van der Waals surface area (Å²) in [5.74, 6) is 1.76. The van der Waals surface area contributed by atoms with Gasteiger partial charge in [0.2, 0.25) is 5.91 Å². The van der Waals surface area contributed by atoms with E-state index in [-0.39, 0.29) is 18.4 Å². The van der Waals surface area contributed by atoms with Crippen molar-refractivity contribution < 1.29 is 9.90 Å². The van der Waals surface area contributed by atoms with Gasteiger partial charge in [-0.3, -0.25) is 4.79 Å². The summed E-state index contributed by atoms with van der Waals surface area (Å²) in [4.78, 5) is 13.8. The molecule has 1 N–H and O–H groups in total. The topological polar surface area (TPSA) is 40.5 Å². The Morgan fingerprint density at radius 1 is 1.42 bits per heavy atom. The highest BCUT2D eigenvalue weighted by Gasteiger charge is 2.25. The molecule has 1 aliphatic rings. The van der Waals surface area contributed by atoms with Gasteiger partial charge in [-0.2, -0.15) is 0 Å². The highest BCUT2D eigenvalue weighted by atomic mass is 35.5. The molecule has 1 aromatic carbocycles. The molecule has 1 fully saturated rings. The molecule has 0 aromatic heterocycles. The maximum Gasteiger partial charge on any atom is 0.232 e. The Labute approximate surface area is 122 Å². The van der Waals surface area contributed by atoms with Gasteiger partial charge in [0.25, 0.3) is 0 Å². The van der Waals surface area contributed by atoms with E-state index < -0.39 is 0 Å². The molecule has 0 radical (unpaired) electrons. The van der Waals surface area contributed by atoms with E-state index in [0.717, 1.165) is 23.7 Å². The second kappa shape index (κ2) is 7.17. The molecular formula is C14H18ClNO2S. The molecule has 104 valence electrons. The molecule has 0 bridgehead atoms. The fourth-order valence-corrected chi connectivity index (χ4v) is 3.15. The molecule has 5 heteroatoms. The molecule has 1 unspecified atom stereocenters. The third-order valence-corrected chi connectivity index (χ3v) is 4.54. The minimum Gasteiger partial charge on any atom is -0.396 e. The summed E-state index contributed by atoms with van der Waals surface area (Å²) in [7, 11) is 0. The summed E-state index contributed by atoms with van der Waals surface area (Å²) in [5.41, 5.74) is 1.18. The van der Waals surface area contributed by atoms with Crippen LogP contribution in [0.3, 0.4) is 0 Å². The van der Waals surface area contributed by atoms with Crippen molar-refractivity contribution in [2.75, 3.05) is 25.4 Å². The van der Waals surface area contributed by atoms with Crippen LogP contribution in [0.5, 0.6) is 0 Å². The molecule has 19 heavy (non-hydrogen) atoms. The van der Waals surface area contributed by atoms with E-state index in [4.69, 9.17) is 16.7 Å². The Balaban J connectivity index is 1.71. The maximum atomic E-state index is 12.0. The number of aliphatic hydroxyl groups excluding tert-OH is 1. The van der Waals surface area contributed by atoms with Crippen LogP contribution in [0.15, 0.2) is 24.3 Å². The van der Waals surface area contributed by atoms with Gasteiger partial charge in [0.15, 0.2) is 0 Å². The van der Waals surface area contributed by atoms with Gasteiger partial charge in [-0.1, -0.05) is 23.7 Å². The zero-order valence-corrected chi connectivity index (χ0v) is 12.3. The van der Waals surface area contributed by atoms with Crippen molar-refractivity contribution in [2.45, 2.75) is 12.2 Å². The summed E-state index contributed by atoms with van der Waals surface area (Å²) in [6.07, 6.45) is 0.921. The van der Waals surface area contributed by atoms with Crippen LogP contribution in [0.2, 0.25) is 5.02 Å². The number of carbonyl (C=O) groups is 1. The van der Waals surface area contributed by atoms with Crippen LogP contribution in [0, 0.1) is 5.92 Å². The molecule has 3 nitrogen and oxygen atoms in total. The smallest absolute Gasteiger partial charge is 0.232 e. The maximum absolute atomic E-state index is 12.0. The fraction of sp³-hybridized carbons (Fsp3) is 0.500. The van der Waals surface area contributed by atoms with Gasteiger partial charge in [0.1, 0.15) is 0 Å². The van der Waals surface area contributed by atoms with Crippen LogP contribution in [0.4, 0.5) is 0 Å². The van der Waals surface area contributed by atoms with Crippen LogP contribution >= 0.6 is 23.4 Å². The van der Waals surface area contributed by atoms with Gasteiger partial charge >= 0.3 is 0 Å². The van der Waals surface area contributed by atoms with Crippen LogP contribution in [-0.4, -0.2) is 41.4 Å². The molecule has 1 saturated heterocycles. The Kier molecular flexibility index (Phi) is 5.55. The quantitative estimate of drug-likeness (QED) is 0.908. The highest BCUT2D eigenvalue weighted by Crippen LogP contribution is 2.19. The van der Waals surface area contributed by atoms with E-state index in [9.17, 15) is 4.79 Å². The minimum atomic E-state index is 0.176. The Morgan fingerprint density at radius 3 is 2.79 bits per heavy atom. The van der Waals surface area contributed by atoms with E-state index in [1.807, 2.05) is 29.2 Å². The first-order valence-electron chi connectivity index (χ1n) is 6.40. The average Bonchev–Trinajstić information content (AvgIpc) is 2.90.